The monoisotopic (exact) mass is 389 g/mol. The summed E-state index contributed by atoms with van der Waals surface area (Å²) in [4.78, 5) is 14.4. The lowest BCUT2D eigenvalue weighted by molar-refractivity contribution is 0.0952. The van der Waals surface area contributed by atoms with E-state index in [1.807, 2.05) is 38.9 Å². The summed E-state index contributed by atoms with van der Waals surface area (Å²) in [5.74, 6) is -0.281. The first kappa shape index (κ1) is 20.9. The SMILES string of the molecule is Cc1ccc(NS(=O)(=O)c2cccc(C(=O)NCCCN(C)C)c2)cc1C. The van der Waals surface area contributed by atoms with Gasteiger partial charge in [-0.3, -0.25) is 9.52 Å². The molecule has 0 saturated carbocycles. The van der Waals surface area contributed by atoms with E-state index in [-0.39, 0.29) is 10.8 Å². The van der Waals surface area contributed by atoms with Crippen molar-refractivity contribution in [2.24, 2.45) is 0 Å². The average molecular weight is 390 g/mol. The third kappa shape index (κ3) is 6.08. The minimum atomic E-state index is -3.77. The topological polar surface area (TPSA) is 78.5 Å². The maximum atomic E-state index is 12.7. The van der Waals surface area contributed by atoms with Gasteiger partial charge in [-0.1, -0.05) is 12.1 Å². The van der Waals surface area contributed by atoms with E-state index in [4.69, 9.17) is 0 Å². The van der Waals surface area contributed by atoms with E-state index in [9.17, 15) is 13.2 Å². The van der Waals surface area contributed by atoms with Crippen molar-refractivity contribution in [3.63, 3.8) is 0 Å². The van der Waals surface area contributed by atoms with Crippen LogP contribution in [0.3, 0.4) is 0 Å². The van der Waals surface area contributed by atoms with E-state index in [1.54, 1.807) is 24.3 Å². The van der Waals surface area contributed by atoms with Gasteiger partial charge in [0.15, 0.2) is 0 Å². The quantitative estimate of drug-likeness (QED) is 0.681. The molecule has 2 aromatic rings. The molecule has 7 heteroatoms. The molecule has 146 valence electrons. The van der Waals surface area contributed by atoms with E-state index in [0.717, 1.165) is 24.1 Å². The Kier molecular flexibility index (Phi) is 6.98. The van der Waals surface area contributed by atoms with Crippen LogP contribution in [0.15, 0.2) is 47.4 Å². The summed E-state index contributed by atoms with van der Waals surface area (Å²) in [7, 11) is 0.170. The minimum Gasteiger partial charge on any atom is -0.352 e. The molecular weight excluding hydrogens is 362 g/mol. The third-order valence-corrected chi connectivity index (χ3v) is 5.61. The summed E-state index contributed by atoms with van der Waals surface area (Å²) >= 11 is 0. The summed E-state index contributed by atoms with van der Waals surface area (Å²) in [5, 5.41) is 2.82. The molecule has 0 aliphatic heterocycles. The summed E-state index contributed by atoms with van der Waals surface area (Å²) < 4.78 is 27.9. The standard InChI is InChI=1S/C20H27N3O3S/c1-15-9-10-18(13-16(15)2)22-27(25,26)19-8-5-7-17(14-19)20(24)21-11-6-12-23(3)4/h5,7-10,13-14,22H,6,11-12H2,1-4H3,(H,21,24). The van der Waals surface area contributed by atoms with Crippen LogP contribution >= 0.6 is 0 Å². The lowest BCUT2D eigenvalue weighted by Gasteiger charge is -2.12. The summed E-state index contributed by atoms with van der Waals surface area (Å²) in [6.07, 6.45) is 0.824. The number of hydrogen-bond acceptors (Lipinski definition) is 4. The van der Waals surface area contributed by atoms with Crippen molar-refractivity contribution in [2.45, 2.75) is 25.2 Å². The van der Waals surface area contributed by atoms with Crippen LogP contribution in [0.4, 0.5) is 5.69 Å². The van der Waals surface area contributed by atoms with E-state index >= 15 is 0 Å². The van der Waals surface area contributed by atoms with Gasteiger partial charge in [-0.15, -0.1) is 0 Å². The molecule has 0 atom stereocenters. The number of sulfonamides is 1. The Hall–Kier alpha value is -2.38. The lowest BCUT2D eigenvalue weighted by atomic mass is 10.1. The van der Waals surface area contributed by atoms with Gasteiger partial charge < -0.3 is 10.2 Å². The second-order valence-corrected chi connectivity index (χ2v) is 8.53. The summed E-state index contributed by atoms with van der Waals surface area (Å²) in [6, 6.07) is 11.4. The maximum absolute atomic E-state index is 12.7. The predicted octanol–water partition coefficient (Wildman–Crippen LogP) is 2.79. The molecule has 0 heterocycles. The van der Waals surface area contributed by atoms with Crippen molar-refractivity contribution in [3.8, 4) is 0 Å². The Morgan fingerprint density at radius 1 is 1.04 bits per heavy atom. The molecule has 6 nitrogen and oxygen atoms in total. The number of carbonyl (C=O) groups is 1. The van der Waals surface area contributed by atoms with Crippen molar-refractivity contribution >= 4 is 21.6 Å². The van der Waals surface area contributed by atoms with Crippen molar-refractivity contribution < 1.29 is 13.2 Å². The molecule has 0 aliphatic rings. The van der Waals surface area contributed by atoms with Crippen LogP contribution < -0.4 is 10.0 Å². The van der Waals surface area contributed by atoms with E-state index in [2.05, 4.69) is 10.0 Å². The van der Waals surface area contributed by atoms with E-state index in [0.29, 0.717) is 17.8 Å². The molecule has 0 fully saturated rings. The second-order valence-electron chi connectivity index (χ2n) is 6.85. The number of hydrogen-bond donors (Lipinski definition) is 2. The molecule has 0 aliphatic carbocycles. The molecule has 0 aromatic heterocycles. The number of anilines is 1. The predicted molar refractivity (Wildman–Crippen MR) is 109 cm³/mol. The molecule has 1 amide bonds. The Morgan fingerprint density at radius 3 is 2.44 bits per heavy atom. The van der Waals surface area contributed by atoms with Gasteiger partial charge in [0.25, 0.3) is 15.9 Å². The zero-order chi connectivity index (χ0) is 20.0. The van der Waals surface area contributed by atoms with Gasteiger partial charge >= 0.3 is 0 Å². The Bertz CT molecular complexity index is 908. The number of benzene rings is 2. The van der Waals surface area contributed by atoms with Crippen molar-refractivity contribution in [1.82, 2.24) is 10.2 Å². The minimum absolute atomic E-state index is 0.0571. The number of aryl methyl sites for hydroxylation is 2. The molecule has 2 aromatic carbocycles. The zero-order valence-corrected chi connectivity index (χ0v) is 17.1. The number of nitrogens with zero attached hydrogens (tertiary/aromatic N) is 1. The summed E-state index contributed by atoms with van der Waals surface area (Å²) in [6.45, 7) is 5.30. The van der Waals surface area contributed by atoms with Gasteiger partial charge in [0, 0.05) is 17.8 Å². The normalized spacial score (nSPS) is 11.4. The van der Waals surface area contributed by atoms with Crippen LogP contribution in [0, 0.1) is 13.8 Å². The van der Waals surface area contributed by atoms with E-state index in [1.165, 1.54) is 12.1 Å². The van der Waals surface area contributed by atoms with Gasteiger partial charge in [-0.2, -0.15) is 0 Å². The van der Waals surface area contributed by atoms with Crippen LogP contribution in [0.5, 0.6) is 0 Å². The molecule has 0 saturated heterocycles. The smallest absolute Gasteiger partial charge is 0.261 e. The maximum Gasteiger partial charge on any atom is 0.261 e. The highest BCUT2D eigenvalue weighted by Crippen LogP contribution is 2.19. The fraction of sp³-hybridized carbons (Fsp3) is 0.350. The second kappa shape index (κ2) is 9.01. The van der Waals surface area contributed by atoms with Gasteiger partial charge in [-0.05, 0) is 82.4 Å². The first-order valence-corrected chi connectivity index (χ1v) is 10.3. The van der Waals surface area contributed by atoms with Crippen LogP contribution in [-0.2, 0) is 10.0 Å². The van der Waals surface area contributed by atoms with Gasteiger partial charge in [0.1, 0.15) is 0 Å². The Balaban J connectivity index is 2.10. The first-order chi connectivity index (χ1) is 12.7. The largest absolute Gasteiger partial charge is 0.352 e. The molecular formula is C20H27N3O3S. The van der Waals surface area contributed by atoms with Crippen LogP contribution in [0.1, 0.15) is 27.9 Å². The molecule has 2 rings (SSSR count). The lowest BCUT2D eigenvalue weighted by Crippen LogP contribution is -2.27. The van der Waals surface area contributed by atoms with Crippen molar-refractivity contribution in [2.75, 3.05) is 31.9 Å². The number of rotatable bonds is 8. The van der Waals surface area contributed by atoms with E-state index < -0.39 is 10.0 Å². The Morgan fingerprint density at radius 2 is 1.78 bits per heavy atom. The first-order valence-electron chi connectivity index (χ1n) is 8.82. The van der Waals surface area contributed by atoms with Gasteiger partial charge in [0.05, 0.1) is 4.90 Å². The molecule has 2 N–H and O–H groups in total. The summed E-state index contributed by atoms with van der Waals surface area (Å²) in [5.41, 5.74) is 2.91. The third-order valence-electron chi connectivity index (χ3n) is 4.23. The van der Waals surface area contributed by atoms with Crippen molar-refractivity contribution in [1.29, 1.82) is 0 Å². The molecule has 27 heavy (non-hydrogen) atoms. The average Bonchev–Trinajstić information content (AvgIpc) is 2.61. The Labute approximate surface area is 161 Å². The highest BCUT2D eigenvalue weighted by Gasteiger charge is 2.16. The zero-order valence-electron chi connectivity index (χ0n) is 16.2. The number of carbonyl (C=O) groups excluding carboxylic acids is 1. The number of nitrogens with one attached hydrogen (secondary N) is 2. The van der Waals surface area contributed by atoms with Crippen LogP contribution in [0.2, 0.25) is 0 Å². The molecule has 0 spiro atoms. The fourth-order valence-electron chi connectivity index (χ4n) is 2.52. The molecule has 0 bridgehead atoms. The number of amides is 1. The van der Waals surface area contributed by atoms with Crippen LogP contribution in [-0.4, -0.2) is 46.4 Å². The molecule has 0 unspecified atom stereocenters. The van der Waals surface area contributed by atoms with Gasteiger partial charge in [-0.25, -0.2) is 8.42 Å². The fourth-order valence-corrected chi connectivity index (χ4v) is 3.62. The highest BCUT2D eigenvalue weighted by molar-refractivity contribution is 7.92. The van der Waals surface area contributed by atoms with Crippen LogP contribution in [0.25, 0.3) is 0 Å². The highest BCUT2D eigenvalue weighted by atomic mass is 32.2. The molecule has 0 radical (unpaired) electrons. The van der Waals surface area contributed by atoms with Crippen molar-refractivity contribution in [3.05, 3.63) is 59.2 Å². The van der Waals surface area contributed by atoms with Gasteiger partial charge in [0.2, 0.25) is 0 Å².